The Morgan fingerprint density at radius 1 is 1.46 bits per heavy atom. The molecule has 0 spiro atoms. The number of nitrogens with one attached hydrogen (secondary N) is 1. The van der Waals surface area contributed by atoms with Crippen LogP contribution in [0, 0.1) is 35.7 Å². The fraction of sp³-hybridized carbons (Fsp3) is 0.200. The first-order valence-electron chi connectivity index (χ1n) is 6.67. The number of carbonyl (C=O) groups excluding carboxylic acids is 1. The maximum Gasteiger partial charge on any atom is 0.246 e. The molecule has 1 heterocycles. The fourth-order valence-electron chi connectivity index (χ4n) is 1.72. The summed E-state index contributed by atoms with van der Waals surface area (Å²) in [4.78, 5) is 19.6. The van der Waals surface area contributed by atoms with Gasteiger partial charge in [-0.25, -0.2) is 18.2 Å². The molecule has 0 bridgehead atoms. The lowest BCUT2D eigenvalue weighted by atomic mass is 10.2. The van der Waals surface area contributed by atoms with E-state index in [0.29, 0.717) is 11.1 Å². The molecule has 124 valence electrons. The van der Waals surface area contributed by atoms with E-state index >= 15 is 0 Å². The molecule has 0 saturated carbocycles. The van der Waals surface area contributed by atoms with Crippen molar-refractivity contribution in [1.29, 1.82) is 5.26 Å². The van der Waals surface area contributed by atoms with Gasteiger partial charge in [-0.2, -0.15) is 5.26 Å². The van der Waals surface area contributed by atoms with E-state index in [1.807, 2.05) is 6.07 Å². The number of amides is 1. The number of rotatable bonds is 5. The van der Waals surface area contributed by atoms with Gasteiger partial charge < -0.3 is 5.32 Å². The zero-order chi connectivity index (χ0) is 17.7. The standard InChI is InChI=1S/C15H11F3N4OS/c1-8-7-24-15(21-8)9(4-19)5-20-6-12(23)22-11-3-2-10(16)13(17)14(11)18/h2-3,5,7,9H,6H2,1H3,(H,22,23)/t9-/m0/s1. The van der Waals surface area contributed by atoms with Crippen LogP contribution in [0.4, 0.5) is 18.9 Å². The maximum absolute atomic E-state index is 13.4. The summed E-state index contributed by atoms with van der Waals surface area (Å²) >= 11 is 1.30. The Bertz CT molecular complexity index is 829. The molecule has 1 aromatic carbocycles. The first-order chi connectivity index (χ1) is 11.4. The number of aliphatic imine (C=N–C) groups is 1. The van der Waals surface area contributed by atoms with Gasteiger partial charge in [0.1, 0.15) is 17.5 Å². The van der Waals surface area contributed by atoms with Crippen LogP contribution in [0.5, 0.6) is 0 Å². The van der Waals surface area contributed by atoms with E-state index in [0.717, 1.165) is 11.8 Å². The molecular weight excluding hydrogens is 341 g/mol. The van der Waals surface area contributed by atoms with Crippen LogP contribution in [0.1, 0.15) is 16.6 Å². The monoisotopic (exact) mass is 352 g/mol. The molecule has 0 aliphatic carbocycles. The Kier molecular flexibility index (Phi) is 5.65. The summed E-state index contributed by atoms with van der Waals surface area (Å²) in [5.41, 5.74) is 0.289. The molecule has 0 unspecified atom stereocenters. The quantitative estimate of drug-likeness (QED) is 0.663. The summed E-state index contributed by atoms with van der Waals surface area (Å²) in [6, 6.07) is 3.60. The van der Waals surface area contributed by atoms with Gasteiger partial charge in [0.2, 0.25) is 5.91 Å². The van der Waals surface area contributed by atoms with Gasteiger partial charge >= 0.3 is 0 Å². The van der Waals surface area contributed by atoms with Crippen molar-refractivity contribution in [1.82, 2.24) is 4.98 Å². The third-order valence-corrected chi connectivity index (χ3v) is 3.89. The number of nitriles is 1. The highest BCUT2D eigenvalue weighted by molar-refractivity contribution is 7.09. The Morgan fingerprint density at radius 2 is 2.21 bits per heavy atom. The maximum atomic E-state index is 13.4. The molecular formula is C15H11F3N4OS. The lowest BCUT2D eigenvalue weighted by molar-refractivity contribution is -0.114. The third-order valence-electron chi connectivity index (χ3n) is 2.84. The lowest BCUT2D eigenvalue weighted by Crippen LogP contribution is -2.17. The second kappa shape index (κ2) is 7.70. The zero-order valence-electron chi connectivity index (χ0n) is 12.4. The number of thiazole rings is 1. The lowest BCUT2D eigenvalue weighted by Gasteiger charge is -2.06. The largest absolute Gasteiger partial charge is 0.322 e. The number of halogens is 3. The molecule has 2 rings (SSSR count). The number of aryl methyl sites for hydroxylation is 1. The number of anilines is 1. The van der Waals surface area contributed by atoms with Crippen LogP contribution in [-0.2, 0) is 4.79 Å². The van der Waals surface area contributed by atoms with Gasteiger partial charge in [0.25, 0.3) is 0 Å². The van der Waals surface area contributed by atoms with Crippen molar-refractivity contribution in [3.63, 3.8) is 0 Å². The van der Waals surface area contributed by atoms with Crippen LogP contribution in [0.15, 0.2) is 22.5 Å². The van der Waals surface area contributed by atoms with Crippen molar-refractivity contribution < 1.29 is 18.0 Å². The molecule has 0 aliphatic heterocycles. The summed E-state index contributed by atoms with van der Waals surface area (Å²) in [7, 11) is 0. The van der Waals surface area contributed by atoms with Crippen LogP contribution in [-0.4, -0.2) is 23.7 Å². The SMILES string of the molecule is Cc1csc([C@@H](C#N)C=NCC(=O)Nc2ccc(F)c(F)c2F)n1. The normalized spacial score (nSPS) is 12.1. The summed E-state index contributed by atoms with van der Waals surface area (Å²) < 4.78 is 39.3. The minimum atomic E-state index is -1.67. The Hall–Kier alpha value is -2.73. The highest BCUT2D eigenvalue weighted by Gasteiger charge is 2.15. The van der Waals surface area contributed by atoms with Crippen LogP contribution in [0.2, 0.25) is 0 Å². The fourth-order valence-corrected chi connectivity index (χ4v) is 2.52. The van der Waals surface area contributed by atoms with Gasteiger partial charge in [0.05, 0.1) is 11.8 Å². The smallest absolute Gasteiger partial charge is 0.246 e. The summed E-state index contributed by atoms with van der Waals surface area (Å²) in [5.74, 6) is -5.93. The molecule has 24 heavy (non-hydrogen) atoms. The minimum absolute atomic E-state index is 0.402. The van der Waals surface area contributed by atoms with E-state index in [4.69, 9.17) is 5.26 Å². The number of hydrogen-bond donors (Lipinski definition) is 1. The number of carbonyl (C=O) groups is 1. The van der Waals surface area contributed by atoms with E-state index in [1.165, 1.54) is 17.6 Å². The molecule has 1 N–H and O–H groups in total. The van der Waals surface area contributed by atoms with Gasteiger partial charge in [0.15, 0.2) is 17.5 Å². The third kappa shape index (κ3) is 4.17. The molecule has 0 radical (unpaired) electrons. The molecule has 0 saturated heterocycles. The van der Waals surface area contributed by atoms with Crippen molar-refractivity contribution >= 4 is 29.1 Å². The molecule has 9 heteroatoms. The summed E-state index contributed by atoms with van der Waals surface area (Å²) in [6.07, 6.45) is 1.26. The van der Waals surface area contributed by atoms with E-state index in [9.17, 15) is 18.0 Å². The second-order valence-corrected chi connectivity index (χ2v) is 5.58. The summed E-state index contributed by atoms with van der Waals surface area (Å²) in [6.45, 7) is 1.39. The van der Waals surface area contributed by atoms with E-state index in [-0.39, 0.29) is 0 Å². The molecule has 5 nitrogen and oxygen atoms in total. The topological polar surface area (TPSA) is 78.1 Å². The van der Waals surface area contributed by atoms with Crippen LogP contribution >= 0.6 is 11.3 Å². The molecule has 2 aromatic rings. The zero-order valence-corrected chi connectivity index (χ0v) is 13.2. The number of hydrogen-bond acceptors (Lipinski definition) is 5. The van der Waals surface area contributed by atoms with Gasteiger partial charge in [-0.3, -0.25) is 9.79 Å². The van der Waals surface area contributed by atoms with Gasteiger partial charge in [0, 0.05) is 17.3 Å². The predicted molar refractivity (Wildman–Crippen MR) is 83.5 cm³/mol. The van der Waals surface area contributed by atoms with Crippen molar-refractivity contribution in [2.75, 3.05) is 11.9 Å². The number of aromatic nitrogens is 1. The van der Waals surface area contributed by atoms with Crippen LogP contribution < -0.4 is 5.32 Å². The van der Waals surface area contributed by atoms with Gasteiger partial charge in [-0.05, 0) is 19.1 Å². The molecule has 1 atom stereocenters. The van der Waals surface area contributed by atoms with Crippen molar-refractivity contribution in [2.45, 2.75) is 12.8 Å². The summed E-state index contributed by atoms with van der Waals surface area (Å²) in [5, 5.41) is 13.5. The molecule has 1 amide bonds. The average Bonchev–Trinajstić information content (AvgIpc) is 2.98. The first-order valence-corrected chi connectivity index (χ1v) is 7.55. The van der Waals surface area contributed by atoms with Gasteiger partial charge in [-0.1, -0.05) is 0 Å². The Balaban J connectivity index is 1.98. The van der Waals surface area contributed by atoms with E-state index < -0.39 is 41.5 Å². The second-order valence-electron chi connectivity index (χ2n) is 4.69. The predicted octanol–water partition coefficient (Wildman–Crippen LogP) is 3.19. The Morgan fingerprint density at radius 3 is 2.83 bits per heavy atom. The number of nitrogens with zero attached hydrogens (tertiary/aromatic N) is 3. The van der Waals surface area contributed by atoms with Crippen molar-refractivity contribution in [3.05, 3.63) is 45.7 Å². The van der Waals surface area contributed by atoms with Crippen molar-refractivity contribution in [3.8, 4) is 6.07 Å². The van der Waals surface area contributed by atoms with E-state index in [2.05, 4.69) is 15.3 Å². The van der Waals surface area contributed by atoms with Crippen molar-refractivity contribution in [2.24, 2.45) is 4.99 Å². The number of benzene rings is 1. The highest BCUT2D eigenvalue weighted by Crippen LogP contribution is 2.20. The van der Waals surface area contributed by atoms with Crippen LogP contribution in [0.3, 0.4) is 0 Å². The molecule has 0 aliphatic rings. The minimum Gasteiger partial charge on any atom is -0.322 e. The van der Waals surface area contributed by atoms with E-state index in [1.54, 1.807) is 12.3 Å². The highest BCUT2D eigenvalue weighted by atomic mass is 32.1. The van der Waals surface area contributed by atoms with Crippen LogP contribution in [0.25, 0.3) is 0 Å². The van der Waals surface area contributed by atoms with Gasteiger partial charge in [-0.15, -0.1) is 11.3 Å². The average molecular weight is 352 g/mol. The molecule has 0 fully saturated rings. The molecule has 1 aromatic heterocycles. The Labute approximate surface area is 139 Å². The first kappa shape index (κ1) is 17.6.